The van der Waals surface area contributed by atoms with Crippen molar-refractivity contribution < 1.29 is 4.74 Å². The molecule has 5 rings (SSSR count). The molecule has 9 nitrogen and oxygen atoms in total. The highest BCUT2D eigenvalue weighted by Gasteiger charge is 2.18. The molecule has 0 atom stereocenters. The van der Waals surface area contributed by atoms with Gasteiger partial charge < -0.3 is 9.72 Å². The summed E-state index contributed by atoms with van der Waals surface area (Å²) in [5.41, 5.74) is 2.84. The predicted molar refractivity (Wildman–Crippen MR) is 121 cm³/mol. The summed E-state index contributed by atoms with van der Waals surface area (Å²) in [5.74, 6) is 0.482. The molecule has 0 aliphatic heterocycles. The molecule has 0 radical (unpaired) electrons. The number of benzene rings is 3. The summed E-state index contributed by atoms with van der Waals surface area (Å²) >= 11 is 0. The van der Waals surface area contributed by atoms with Crippen LogP contribution in [0.2, 0.25) is 0 Å². The first-order valence-corrected chi connectivity index (χ1v) is 9.72. The Bertz CT molecular complexity index is 1550. The SMILES string of the molecule is COc1ccc(/N=N/c2c(-c3ccccc3)nn3c2[nH]c(=O)c2ccccc23)c(N=O)c1. The van der Waals surface area contributed by atoms with E-state index in [4.69, 9.17) is 9.84 Å². The molecule has 0 saturated carbocycles. The average Bonchev–Trinajstić information content (AvgIpc) is 3.21. The molecule has 0 aliphatic rings. The number of ether oxygens (including phenoxy) is 1. The van der Waals surface area contributed by atoms with E-state index in [0.29, 0.717) is 33.7 Å². The summed E-state index contributed by atoms with van der Waals surface area (Å²) < 4.78 is 6.77. The van der Waals surface area contributed by atoms with E-state index in [9.17, 15) is 9.70 Å². The Balaban J connectivity index is 1.77. The fraction of sp³-hybridized carbons (Fsp3) is 0.0435. The van der Waals surface area contributed by atoms with Crippen LogP contribution in [0.1, 0.15) is 0 Å². The minimum atomic E-state index is -0.260. The molecular weight excluding hydrogens is 408 g/mol. The van der Waals surface area contributed by atoms with Gasteiger partial charge in [-0.05, 0) is 29.4 Å². The zero-order valence-electron chi connectivity index (χ0n) is 16.9. The Morgan fingerprint density at radius 3 is 2.50 bits per heavy atom. The van der Waals surface area contributed by atoms with Crippen molar-refractivity contribution in [2.75, 3.05) is 7.11 Å². The van der Waals surface area contributed by atoms with E-state index in [1.54, 1.807) is 28.8 Å². The average molecular weight is 424 g/mol. The highest BCUT2D eigenvalue weighted by molar-refractivity contribution is 5.88. The van der Waals surface area contributed by atoms with Crippen LogP contribution >= 0.6 is 0 Å². The number of methoxy groups -OCH3 is 1. The number of aromatic amines is 1. The molecule has 32 heavy (non-hydrogen) atoms. The molecule has 0 amide bonds. The molecule has 0 spiro atoms. The van der Waals surface area contributed by atoms with Gasteiger partial charge in [0, 0.05) is 11.6 Å². The van der Waals surface area contributed by atoms with Crippen molar-refractivity contribution in [1.29, 1.82) is 0 Å². The Hall–Kier alpha value is -4.66. The maximum absolute atomic E-state index is 12.7. The first-order chi connectivity index (χ1) is 15.7. The van der Waals surface area contributed by atoms with Gasteiger partial charge in [0.25, 0.3) is 5.56 Å². The largest absolute Gasteiger partial charge is 0.497 e. The lowest BCUT2D eigenvalue weighted by molar-refractivity contribution is 0.415. The van der Waals surface area contributed by atoms with E-state index < -0.39 is 0 Å². The van der Waals surface area contributed by atoms with Gasteiger partial charge in [-0.2, -0.15) is 5.10 Å². The molecule has 2 aromatic heterocycles. The number of H-pyrrole nitrogens is 1. The van der Waals surface area contributed by atoms with Crippen molar-refractivity contribution in [2.24, 2.45) is 15.4 Å². The quantitative estimate of drug-likeness (QED) is 0.289. The van der Waals surface area contributed by atoms with Gasteiger partial charge in [-0.1, -0.05) is 42.5 Å². The lowest BCUT2D eigenvalue weighted by Gasteiger charge is -2.02. The maximum Gasteiger partial charge on any atom is 0.259 e. The van der Waals surface area contributed by atoms with Crippen molar-refractivity contribution in [1.82, 2.24) is 14.6 Å². The topological polar surface area (TPSA) is 114 Å². The monoisotopic (exact) mass is 424 g/mol. The second kappa shape index (κ2) is 7.88. The number of nitrogens with one attached hydrogen (secondary N) is 1. The van der Waals surface area contributed by atoms with Gasteiger partial charge in [0.1, 0.15) is 22.8 Å². The molecule has 0 aliphatic carbocycles. The second-order valence-electron chi connectivity index (χ2n) is 6.94. The van der Waals surface area contributed by atoms with Crippen LogP contribution in [0.25, 0.3) is 27.8 Å². The van der Waals surface area contributed by atoms with Crippen LogP contribution in [0.3, 0.4) is 0 Å². The zero-order chi connectivity index (χ0) is 22.1. The summed E-state index contributed by atoms with van der Waals surface area (Å²) in [6, 6.07) is 21.4. The van der Waals surface area contributed by atoms with E-state index in [1.165, 1.54) is 13.2 Å². The van der Waals surface area contributed by atoms with Gasteiger partial charge >= 0.3 is 0 Å². The Kier molecular flexibility index (Phi) is 4.75. The summed E-state index contributed by atoms with van der Waals surface area (Å²) in [6.45, 7) is 0. The van der Waals surface area contributed by atoms with Crippen LogP contribution < -0.4 is 10.3 Å². The van der Waals surface area contributed by atoms with E-state index >= 15 is 0 Å². The first kappa shape index (κ1) is 19.3. The van der Waals surface area contributed by atoms with Gasteiger partial charge in [0.2, 0.25) is 0 Å². The molecule has 0 unspecified atom stereocenters. The second-order valence-corrected chi connectivity index (χ2v) is 6.94. The van der Waals surface area contributed by atoms with E-state index in [-0.39, 0.29) is 16.9 Å². The fourth-order valence-electron chi connectivity index (χ4n) is 3.50. The van der Waals surface area contributed by atoms with Gasteiger partial charge in [-0.25, -0.2) is 4.52 Å². The number of hydrogen-bond donors (Lipinski definition) is 1. The number of aromatic nitrogens is 3. The smallest absolute Gasteiger partial charge is 0.259 e. The number of nitroso groups, excluding NO2 is 1. The summed E-state index contributed by atoms with van der Waals surface area (Å²) in [4.78, 5) is 26.8. The van der Waals surface area contributed by atoms with Crippen LogP contribution in [0.5, 0.6) is 5.75 Å². The van der Waals surface area contributed by atoms with Crippen LogP contribution in [0.4, 0.5) is 17.1 Å². The van der Waals surface area contributed by atoms with Crippen molar-refractivity contribution in [2.45, 2.75) is 0 Å². The maximum atomic E-state index is 12.7. The van der Waals surface area contributed by atoms with Gasteiger partial charge in [-0.3, -0.25) is 4.79 Å². The predicted octanol–water partition coefficient (Wildman–Crippen LogP) is 5.66. The third-order valence-electron chi connectivity index (χ3n) is 5.06. The van der Waals surface area contributed by atoms with Crippen LogP contribution in [-0.2, 0) is 0 Å². The molecule has 2 heterocycles. The number of para-hydroxylation sites is 1. The van der Waals surface area contributed by atoms with Crippen molar-refractivity contribution in [3.8, 4) is 17.0 Å². The molecule has 3 aromatic carbocycles. The minimum Gasteiger partial charge on any atom is -0.497 e. The Morgan fingerprint density at radius 2 is 1.72 bits per heavy atom. The van der Waals surface area contributed by atoms with Crippen LogP contribution in [-0.4, -0.2) is 21.7 Å². The Morgan fingerprint density at radius 1 is 0.938 bits per heavy atom. The first-order valence-electron chi connectivity index (χ1n) is 9.72. The number of fused-ring (bicyclic) bond motifs is 3. The molecule has 156 valence electrons. The van der Waals surface area contributed by atoms with E-state index in [0.717, 1.165) is 5.56 Å². The number of hydrogen-bond acceptors (Lipinski definition) is 7. The third-order valence-corrected chi connectivity index (χ3v) is 5.06. The molecule has 1 N–H and O–H groups in total. The molecular formula is C23H16N6O3. The van der Waals surface area contributed by atoms with Crippen LogP contribution in [0, 0.1) is 4.91 Å². The highest BCUT2D eigenvalue weighted by Crippen LogP contribution is 2.37. The lowest BCUT2D eigenvalue weighted by atomic mass is 10.1. The number of rotatable bonds is 5. The molecule has 0 saturated heterocycles. The summed E-state index contributed by atoms with van der Waals surface area (Å²) in [5, 5.41) is 16.9. The molecule has 9 heteroatoms. The molecule has 0 fully saturated rings. The van der Waals surface area contributed by atoms with E-state index in [1.807, 2.05) is 42.5 Å². The number of azo groups is 1. The fourth-order valence-corrected chi connectivity index (χ4v) is 3.50. The summed E-state index contributed by atoms with van der Waals surface area (Å²) in [6.07, 6.45) is 0. The highest BCUT2D eigenvalue weighted by atomic mass is 16.5. The van der Waals surface area contributed by atoms with Gasteiger partial charge in [-0.15, -0.1) is 15.1 Å². The Labute approximate surface area is 181 Å². The number of nitrogens with zero attached hydrogens (tertiary/aromatic N) is 5. The minimum absolute atomic E-state index is 0.0878. The standard InChI is InChI=1S/C23H16N6O3/c1-32-15-11-12-17(18(13-15)28-31)25-26-21-20(14-7-3-2-4-8-14)27-29-19-10-6-5-9-16(19)23(30)24-22(21)29/h2-13H,1H3,(H,24,30)/b26-25+. The van der Waals surface area contributed by atoms with E-state index in [2.05, 4.69) is 20.4 Å². The van der Waals surface area contributed by atoms with Crippen LogP contribution in [0.15, 0.2) is 93.0 Å². The third kappa shape index (κ3) is 3.21. The van der Waals surface area contributed by atoms with Crippen molar-refractivity contribution in [3.63, 3.8) is 0 Å². The summed E-state index contributed by atoms with van der Waals surface area (Å²) in [7, 11) is 1.50. The van der Waals surface area contributed by atoms with Gasteiger partial charge in [0.05, 0.1) is 18.0 Å². The van der Waals surface area contributed by atoms with Crippen molar-refractivity contribution in [3.05, 3.63) is 88.1 Å². The van der Waals surface area contributed by atoms with Gasteiger partial charge in [0.15, 0.2) is 11.3 Å². The lowest BCUT2D eigenvalue weighted by Crippen LogP contribution is -2.09. The normalized spacial score (nSPS) is 11.4. The molecule has 5 aromatic rings. The molecule has 0 bridgehead atoms. The van der Waals surface area contributed by atoms with Crippen molar-refractivity contribution >= 4 is 33.6 Å². The zero-order valence-corrected chi connectivity index (χ0v) is 16.9.